The van der Waals surface area contributed by atoms with Gasteiger partial charge in [0.2, 0.25) is 0 Å². The molecule has 8 aromatic rings. The van der Waals surface area contributed by atoms with E-state index in [9.17, 15) is 0 Å². The minimum absolute atomic E-state index is 0.638. The van der Waals surface area contributed by atoms with Gasteiger partial charge in [0.1, 0.15) is 16.9 Å². The Hall–Kier alpha value is -6.46. The summed E-state index contributed by atoms with van der Waals surface area (Å²) in [5, 5.41) is 3.47. The molecule has 0 bridgehead atoms. The Bertz CT molecular complexity index is 2670. The van der Waals surface area contributed by atoms with E-state index in [1.165, 1.54) is 21.8 Å². The van der Waals surface area contributed by atoms with Gasteiger partial charge < -0.3 is 8.98 Å². The molecule has 5 heteroatoms. The van der Waals surface area contributed by atoms with Crippen molar-refractivity contribution in [2.24, 2.45) is 4.99 Å². The van der Waals surface area contributed by atoms with Gasteiger partial charge in [0, 0.05) is 45.8 Å². The molecule has 1 aliphatic heterocycles. The lowest BCUT2D eigenvalue weighted by atomic mass is 9.96. The van der Waals surface area contributed by atoms with Crippen LogP contribution in [-0.4, -0.2) is 21.9 Å². The highest BCUT2D eigenvalue weighted by Crippen LogP contribution is 2.38. The number of hydrogen-bond acceptors (Lipinski definition) is 4. The van der Waals surface area contributed by atoms with E-state index in [0.717, 1.165) is 80.1 Å². The maximum absolute atomic E-state index is 6.15. The number of fused-ring (bicyclic) bond motifs is 6. The second-order valence-corrected chi connectivity index (χ2v) is 13.0. The molecule has 246 valence electrons. The zero-order valence-corrected chi connectivity index (χ0v) is 28.5. The normalized spacial score (nSPS) is 15.9. The van der Waals surface area contributed by atoms with Gasteiger partial charge in [0.25, 0.3) is 0 Å². The minimum Gasteiger partial charge on any atom is -0.454 e. The molecule has 0 atom stereocenters. The lowest BCUT2D eigenvalue weighted by molar-refractivity contribution is 0.668. The zero-order chi connectivity index (χ0) is 34.3. The molecular weight excluding hydrogens is 625 g/mol. The van der Waals surface area contributed by atoms with Crippen molar-refractivity contribution in [3.63, 3.8) is 0 Å². The lowest BCUT2D eigenvalue weighted by Crippen LogP contribution is -2.29. The van der Waals surface area contributed by atoms with Crippen LogP contribution < -0.4 is 4.90 Å². The third kappa shape index (κ3) is 5.44. The summed E-state index contributed by atoms with van der Waals surface area (Å²) < 4.78 is 8.54. The highest BCUT2D eigenvalue weighted by Gasteiger charge is 2.19. The summed E-state index contributed by atoms with van der Waals surface area (Å²) in [4.78, 5) is 11.9. The lowest BCUT2D eigenvalue weighted by Gasteiger charge is -2.27. The van der Waals surface area contributed by atoms with Crippen LogP contribution >= 0.6 is 0 Å². The first-order valence-electron chi connectivity index (χ1n) is 17.5. The SMILES string of the molecule is C=C1/C=C\C=C/C/N=C(/CCC)N1c1cccc(-c2cc(-c3ccc4oc5cccnc5c4c3)cc(-n3c4ccccc4c4ccccc43)c2)c1. The summed E-state index contributed by atoms with van der Waals surface area (Å²) in [6.07, 6.45) is 11.9. The number of rotatable bonds is 6. The quantitative estimate of drug-likeness (QED) is 0.178. The standard InChI is InChI=1S/C46H36N4O/c1-3-13-45-47-24-10-4-5-14-31(2)49(45)36-16-11-15-32(27-36)34-26-35(33-22-23-43-40(30-33)46-44(51-43)21-12-25-48-46)29-37(28-34)50-41-19-8-6-17-38(41)39-18-7-9-20-42(39)50/h4-12,14-23,25-30H,2-3,13,24H2,1H3/b10-4-,14-5-,47-45-. The van der Waals surface area contributed by atoms with Crippen LogP contribution in [0.4, 0.5) is 5.69 Å². The van der Waals surface area contributed by atoms with Gasteiger partial charge in [-0.25, -0.2) is 0 Å². The fourth-order valence-electron chi connectivity index (χ4n) is 7.38. The smallest absolute Gasteiger partial charge is 0.153 e. The number of aromatic nitrogens is 2. The molecule has 0 aliphatic carbocycles. The molecule has 1 aliphatic rings. The Morgan fingerprint density at radius 3 is 2.20 bits per heavy atom. The second kappa shape index (κ2) is 12.8. The molecule has 5 nitrogen and oxygen atoms in total. The number of amidine groups is 1. The number of para-hydroxylation sites is 2. The summed E-state index contributed by atoms with van der Waals surface area (Å²) in [5.41, 5.74) is 12.3. The topological polar surface area (TPSA) is 46.6 Å². The summed E-state index contributed by atoms with van der Waals surface area (Å²) in [7, 11) is 0. The number of nitrogens with zero attached hydrogens (tertiary/aromatic N) is 4. The number of furan rings is 1. The molecule has 0 N–H and O–H groups in total. The molecule has 0 spiro atoms. The van der Waals surface area contributed by atoms with Crippen LogP contribution in [0.15, 0.2) is 174 Å². The molecule has 0 saturated carbocycles. The van der Waals surface area contributed by atoms with Gasteiger partial charge >= 0.3 is 0 Å². The monoisotopic (exact) mass is 660 g/mol. The van der Waals surface area contributed by atoms with Crippen LogP contribution in [-0.2, 0) is 0 Å². The average Bonchev–Trinajstić information content (AvgIpc) is 3.73. The van der Waals surface area contributed by atoms with Crippen LogP contribution in [0.1, 0.15) is 19.8 Å². The van der Waals surface area contributed by atoms with Crippen molar-refractivity contribution >= 4 is 55.4 Å². The van der Waals surface area contributed by atoms with Gasteiger partial charge in [-0.1, -0.05) is 86.3 Å². The molecule has 0 radical (unpaired) electrons. The minimum atomic E-state index is 0.638. The summed E-state index contributed by atoms with van der Waals surface area (Å²) in [6, 6.07) is 43.3. The van der Waals surface area contributed by atoms with E-state index in [4.69, 9.17) is 9.41 Å². The Labute approximate surface area is 296 Å². The van der Waals surface area contributed by atoms with Crippen molar-refractivity contribution < 1.29 is 4.42 Å². The maximum Gasteiger partial charge on any atom is 0.153 e. The van der Waals surface area contributed by atoms with E-state index in [-0.39, 0.29) is 0 Å². The van der Waals surface area contributed by atoms with E-state index in [1.807, 2.05) is 30.5 Å². The first-order chi connectivity index (χ1) is 25.2. The van der Waals surface area contributed by atoms with Crippen molar-refractivity contribution in [2.75, 3.05) is 11.4 Å². The van der Waals surface area contributed by atoms with Gasteiger partial charge in [0.05, 0.1) is 17.6 Å². The molecule has 5 aromatic carbocycles. The molecule has 4 heterocycles. The van der Waals surface area contributed by atoms with E-state index in [2.05, 4.69) is 149 Å². The highest BCUT2D eigenvalue weighted by molar-refractivity contribution is 6.09. The fraction of sp³-hybridized carbons (Fsp3) is 0.0870. The van der Waals surface area contributed by atoms with Crippen molar-refractivity contribution in [2.45, 2.75) is 19.8 Å². The predicted molar refractivity (Wildman–Crippen MR) is 214 cm³/mol. The molecule has 9 rings (SSSR count). The molecule has 51 heavy (non-hydrogen) atoms. The van der Waals surface area contributed by atoms with Crippen LogP contribution in [0, 0.1) is 0 Å². The molecule has 0 unspecified atom stereocenters. The third-order valence-corrected chi connectivity index (χ3v) is 9.69. The number of hydrogen-bond donors (Lipinski definition) is 0. The van der Waals surface area contributed by atoms with Crippen LogP contribution in [0.5, 0.6) is 0 Å². The average molecular weight is 661 g/mol. The first-order valence-corrected chi connectivity index (χ1v) is 17.5. The number of aliphatic imine (C=N–C) groups is 1. The first kappa shape index (κ1) is 30.6. The van der Waals surface area contributed by atoms with E-state index < -0.39 is 0 Å². The van der Waals surface area contributed by atoms with Crippen LogP contribution in [0.25, 0.3) is 71.8 Å². The number of benzene rings is 5. The van der Waals surface area contributed by atoms with E-state index >= 15 is 0 Å². The predicted octanol–water partition coefficient (Wildman–Crippen LogP) is 12.1. The van der Waals surface area contributed by atoms with Gasteiger partial charge in [0.15, 0.2) is 5.58 Å². The maximum atomic E-state index is 6.15. The Morgan fingerprint density at radius 2 is 1.41 bits per heavy atom. The van der Waals surface area contributed by atoms with Gasteiger partial charge in [-0.15, -0.1) is 0 Å². The van der Waals surface area contributed by atoms with Gasteiger partial charge in [-0.05, 0) is 101 Å². The summed E-state index contributed by atoms with van der Waals surface area (Å²) >= 11 is 0. The molecule has 0 fully saturated rings. The van der Waals surface area contributed by atoms with Gasteiger partial charge in [-0.3, -0.25) is 14.9 Å². The Morgan fingerprint density at radius 1 is 0.667 bits per heavy atom. The zero-order valence-electron chi connectivity index (χ0n) is 28.5. The van der Waals surface area contributed by atoms with Crippen molar-refractivity contribution in [1.82, 2.24) is 9.55 Å². The summed E-state index contributed by atoms with van der Waals surface area (Å²) in [5.74, 6) is 1.02. The Kier molecular flexibility index (Phi) is 7.66. The fourth-order valence-corrected chi connectivity index (χ4v) is 7.38. The Balaban J connectivity index is 1.27. The largest absolute Gasteiger partial charge is 0.454 e. The van der Waals surface area contributed by atoms with Crippen molar-refractivity contribution in [3.8, 4) is 27.9 Å². The highest BCUT2D eigenvalue weighted by atomic mass is 16.3. The number of anilines is 1. The van der Waals surface area contributed by atoms with Crippen LogP contribution in [0.2, 0.25) is 0 Å². The number of allylic oxidation sites excluding steroid dienone is 3. The molecule has 0 saturated heterocycles. The van der Waals surface area contributed by atoms with E-state index in [0.29, 0.717) is 6.54 Å². The molecule has 0 amide bonds. The van der Waals surface area contributed by atoms with Crippen molar-refractivity contribution in [3.05, 3.63) is 164 Å². The van der Waals surface area contributed by atoms with Crippen LogP contribution in [0.3, 0.4) is 0 Å². The molecule has 3 aromatic heterocycles. The second-order valence-electron chi connectivity index (χ2n) is 13.0. The molecular formula is C46H36N4O. The summed E-state index contributed by atoms with van der Waals surface area (Å²) in [6.45, 7) is 7.29. The number of pyridine rings is 1. The van der Waals surface area contributed by atoms with E-state index in [1.54, 1.807) is 0 Å². The third-order valence-electron chi connectivity index (χ3n) is 9.69. The van der Waals surface area contributed by atoms with Gasteiger partial charge in [-0.2, -0.15) is 0 Å². The van der Waals surface area contributed by atoms with Crippen molar-refractivity contribution in [1.29, 1.82) is 0 Å².